The number of nitrogens with one attached hydrogen (secondary N) is 1. The maximum Gasteiger partial charge on any atom is 0.416 e. The van der Waals surface area contributed by atoms with Gasteiger partial charge < -0.3 is 0 Å². The normalized spacial score (nSPS) is 13.3. The van der Waals surface area contributed by atoms with Crippen LogP contribution in [0.1, 0.15) is 31.0 Å². The number of rotatable bonds is 3. The van der Waals surface area contributed by atoms with Crippen molar-refractivity contribution in [2.75, 3.05) is 0 Å². The third-order valence-electron chi connectivity index (χ3n) is 2.28. The monoisotopic (exact) mass is 244 g/mol. The minimum atomic E-state index is -4.37. The third kappa shape index (κ3) is 3.57. The molecule has 0 heterocycles. The van der Waals surface area contributed by atoms with Gasteiger partial charge in [-0.3, -0.25) is 5.84 Å². The molecule has 3 N–H and O–H groups in total. The maximum absolute atomic E-state index is 12.8. The van der Waals surface area contributed by atoms with Crippen LogP contribution in [0.5, 0.6) is 0 Å². The summed E-state index contributed by atoms with van der Waals surface area (Å²) in [5.41, 5.74) is 2.74. The molecule has 1 aromatic carbocycles. The Labute approximate surface area is 98.3 Å². The summed E-state index contributed by atoms with van der Waals surface area (Å²) in [5, 5.41) is 0. The molecule has 94 valence electrons. The van der Waals surface area contributed by atoms with Gasteiger partial charge >= 0.3 is 6.18 Å². The van der Waals surface area contributed by atoms with Crippen molar-refractivity contribution < 1.29 is 13.2 Å². The SMILES string of the molecule is CC(C)=CC(NN)c1ccccc1C(F)(F)F. The van der Waals surface area contributed by atoms with Gasteiger partial charge in [0.25, 0.3) is 0 Å². The van der Waals surface area contributed by atoms with Gasteiger partial charge in [-0.2, -0.15) is 13.2 Å². The van der Waals surface area contributed by atoms with Crippen LogP contribution in [0.4, 0.5) is 13.2 Å². The molecule has 1 unspecified atom stereocenters. The minimum absolute atomic E-state index is 0.128. The fourth-order valence-corrected chi connectivity index (χ4v) is 1.59. The van der Waals surface area contributed by atoms with Crippen molar-refractivity contribution >= 4 is 0 Å². The Morgan fingerprint density at radius 1 is 1.29 bits per heavy atom. The molecule has 0 aliphatic rings. The van der Waals surface area contributed by atoms with Crippen LogP contribution in [0, 0.1) is 0 Å². The van der Waals surface area contributed by atoms with Crippen LogP contribution in [0.25, 0.3) is 0 Å². The quantitative estimate of drug-likeness (QED) is 0.487. The lowest BCUT2D eigenvalue weighted by Crippen LogP contribution is -2.28. The van der Waals surface area contributed by atoms with Crippen LogP contribution < -0.4 is 11.3 Å². The van der Waals surface area contributed by atoms with Crippen molar-refractivity contribution in [3.05, 3.63) is 47.0 Å². The molecule has 1 atom stereocenters. The summed E-state index contributed by atoms with van der Waals surface area (Å²) in [4.78, 5) is 0. The first-order chi connectivity index (χ1) is 7.86. The molecular weight excluding hydrogens is 229 g/mol. The van der Waals surface area contributed by atoms with Crippen LogP contribution in [0.15, 0.2) is 35.9 Å². The summed E-state index contributed by atoms with van der Waals surface area (Å²) in [7, 11) is 0. The number of allylic oxidation sites excluding steroid dienone is 1. The molecule has 5 heteroatoms. The molecule has 0 bridgehead atoms. The van der Waals surface area contributed by atoms with E-state index in [1.807, 2.05) is 0 Å². The molecule has 0 amide bonds. The van der Waals surface area contributed by atoms with Gasteiger partial charge in [-0.05, 0) is 25.5 Å². The zero-order chi connectivity index (χ0) is 13.1. The van der Waals surface area contributed by atoms with Crippen LogP contribution in [-0.4, -0.2) is 0 Å². The second kappa shape index (κ2) is 5.33. The molecule has 2 nitrogen and oxygen atoms in total. The average molecular weight is 244 g/mol. The van der Waals surface area contributed by atoms with Gasteiger partial charge in [0, 0.05) is 0 Å². The number of alkyl halides is 3. The van der Waals surface area contributed by atoms with E-state index >= 15 is 0 Å². The van der Waals surface area contributed by atoms with Crippen molar-refractivity contribution in [2.24, 2.45) is 5.84 Å². The van der Waals surface area contributed by atoms with Crippen molar-refractivity contribution in [1.29, 1.82) is 0 Å². The van der Waals surface area contributed by atoms with Gasteiger partial charge in [-0.15, -0.1) is 0 Å². The van der Waals surface area contributed by atoms with Gasteiger partial charge in [0.1, 0.15) is 0 Å². The van der Waals surface area contributed by atoms with Crippen molar-refractivity contribution in [2.45, 2.75) is 26.1 Å². The first kappa shape index (κ1) is 13.7. The van der Waals surface area contributed by atoms with E-state index in [4.69, 9.17) is 5.84 Å². The predicted octanol–water partition coefficient (Wildman–Crippen LogP) is 3.18. The highest BCUT2D eigenvalue weighted by Gasteiger charge is 2.34. The summed E-state index contributed by atoms with van der Waals surface area (Å²) in [6.07, 6.45) is -2.72. The molecule has 0 aromatic heterocycles. The smallest absolute Gasteiger partial charge is 0.271 e. The van der Waals surface area contributed by atoms with Crippen LogP contribution in [0.3, 0.4) is 0 Å². The van der Waals surface area contributed by atoms with Crippen molar-refractivity contribution in [3.63, 3.8) is 0 Å². The van der Waals surface area contributed by atoms with E-state index in [0.717, 1.165) is 11.6 Å². The highest BCUT2D eigenvalue weighted by Crippen LogP contribution is 2.34. The predicted molar refractivity (Wildman–Crippen MR) is 60.9 cm³/mol. The van der Waals surface area contributed by atoms with Gasteiger partial charge in [-0.25, -0.2) is 5.43 Å². The Morgan fingerprint density at radius 2 is 1.88 bits per heavy atom. The van der Waals surface area contributed by atoms with E-state index in [-0.39, 0.29) is 5.56 Å². The molecule has 0 saturated heterocycles. The lowest BCUT2D eigenvalue weighted by atomic mass is 9.99. The van der Waals surface area contributed by atoms with E-state index < -0.39 is 17.8 Å². The zero-order valence-corrected chi connectivity index (χ0v) is 9.68. The molecule has 17 heavy (non-hydrogen) atoms. The first-order valence-corrected chi connectivity index (χ1v) is 5.13. The van der Waals surface area contributed by atoms with Gasteiger partial charge in [0.15, 0.2) is 0 Å². The Bertz CT molecular complexity index is 406. The van der Waals surface area contributed by atoms with Crippen LogP contribution in [0.2, 0.25) is 0 Å². The molecule has 0 radical (unpaired) electrons. The largest absolute Gasteiger partial charge is 0.416 e. The first-order valence-electron chi connectivity index (χ1n) is 5.13. The van der Waals surface area contributed by atoms with Crippen LogP contribution in [-0.2, 0) is 6.18 Å². The second-order valence-corrected chi connectivity index (χ2v) is 3.97. The number of hydrazine groups is 1. The highest BCUT2D eigenvalue weighted by atomic mass is 19.4. The topological polar surface area (TPSA) is 38.0 Å². The van der Waals surface area contributed by atoms with E-state index in [2.05, 4.69) is 5.43 Å². The number of hydrogen-bond donors (Lipinski definition) is 2. The van der Waals surface area contributed by atoms with Gasteiger partial charge in [0.05, 0.1) is 11.6 Å². The molecule has 1 aromatic rings. The molecule has 0 saturated carbocycles. The summed E-state index contributed by atoms with van der Waals surface area (Å²) in [6, 6.07) is 4.76. The summed E-state index contributed by atoms with van der Waals surface area (Å²) < 4.78 is 38.4. The Morgan fingerprint density at radius 3 is 2.35 bits per heavy atom. The van der Waals surface area contributed by atoms with Crippen molar-refractivity contribution in [3.8, 4) is 0 Å². The number of halogens is 3. The third-order valence-corrected chi connectivity index (χ3v) is 2.28. The fourth-order valence-electron chi connectivity index (χ4n) is 1.59. The van der Waals surface area contributed by atoms with Crippen LogP contribution >= 0.6 is 0 Å². The second-order valence-electron chi connectivity index (χ2n) is 3.97. The van der Waals surface area contributed by atoms with E-state index in [9.17, 15) is 13.2 Å². The fraction of sp³-hybridized carbons (Fsp3) is 0.333. The van der Waals surface area contributed by atoms with E-state index in [1.54, 1.807) is 26.0 Å². The molecule has 0 aliphatic heterocycles. The zero-order valence-electron chi connectivity index (χ0n) is 9.68. The summed E-state index contributed by atoms with van der Waals surface area (Å²) >= 11 is 0. The summed E-state index contributed by atoms with van der Waals surface area (Å²) in [5.74, 6) is 5.30. The molecule has 0 spiro atoms. The lowest BCUT2D eigenvalue weighted by Gasteiger charge is -2.18. The highest BCUT2D eigenvalue weighted by molar-refractivity contribution is 5.35. The van der Waals surface area contributed by atoms with Gasteiger partial charge in [0.2, 0.25) is 0 Å². The molecular formula is C12H15F3N2. The van der Waals surface area contributed by atoms with E-state index in [0.29, 0.717) is 0 Å². The molecule has 1 rings (SSSR count). The molecule has 0 aliphatic carbocycles. The maximum atomic E-state index is 12.8. The molecule has 0 fully saturated rings. The Hall–Kier alpha value is -1.33. The standard InChI is InChI=1S/C12H15F3N2/c1-8(2)7-11(17-16)9-5-3-4-6-10(9)12(13,14)15/h3-7,11,17H,16H2,1-2H3. The Kier molecular flexibility index (Phi) is 4.31. The average Bonchev–Trinajstić information content (AvgIpc) is 2.24. The number of nitrogens with two attached hydrogens (primary N) is 1. The minimum Gasteiger partial charge on any atom is -0.271 e. The van der Waals surface area contributed by atoms with Gasteiger partial charge in [-0.1, -0.05) is 29.8 Å². The number of hydrogen-bond acceptors (Lipinski definition) is 2. The van der Waals surface area contributed by atoms with E-state index in [1.165, 1.54) is 12.1 Å². The van der Waals surface area contributed by atoms with Crippen molar-refractivity contribution in [1.82, 2.24) is 5.43 Å². The Balaban J connectivity index is 3.25. The lowest BCUT2D eigenvalue weighted by molar-refractivity contribution is -0.138. The number of benzene rings is 1. The summed E-state index contributed by atoms with van der Waals surface area (Å²) in [6.45, 7) is 3.61.